The van der Waals surface area contributed by atoms with Crippen molar-refractivity contribution in [3.05, 3.63) is 106 Å². The highest BCUT2D eigenvalue weighted by atomic mass is 16.3. The lowest BCUT2D eigenvalue weighted by Gasteiger charge is -2.14. The Morgan fingerprint density at radius 1 is 0.893 bits per heavy atom. The van der Waals surface area contributed by atoms with E-state index in [0.717, 1.165) is 0 Å². The first-order valence-corrected chi connectivity index (χ1v) is 8.87. The summed E-state index contributed by atoms with van der Waals surface area (Å²) in [6.07, 6.45) is 0.627. The zero-order valence-electron chi connectivity index (χ0n) is 15.1. The molecule has 2 aromatic carbocycles. The van der Waals surface area contributed by atoms with Crippen molar-refractivity contribution in [2.45, 2.75) is 12.6 Å². The fraction of sp³-hybridized carbons (Fsp3) is 0.136. The third-order valence-electron chi connectivity index (χ3n) is 4.26. The molecule has 1 heterocycles. The minimum atomic E-state index is -0.943. The van der Waals surface area contributed by atoms with Crippen molar-refractivity contribution in [2.75, 3.05) is 6.54 Å². The molecule has 0 radical (unpaired) electrons. The van der Waals surface area contributed by atoms with Gasteiger partial charge in [0.15, 0.2) is 5.78 Å². The number of carbonyl (C=O) groups is 2. The van der Waals surface area contributed by atoms with Crippen LogP contribution in [0.4, 0.5) is 0 Å². The molecule has 0 aliphatic carbocycles. The van der Waals surface area contributed by atoms with Crippen LogP contribution in [0.15, 0.2) is 83.8 Å². The van der Waals surface area contributed by atoms with Gasteiger partial charge in [0.2, 0.25) is 0 Å². The van der Waals surface area contributed by atoms with Gasteiger partial charge in [-0.05, 0) is 12.1 Å². The zero-order valence-corrected chi connectivity index (χ0v) is 15.1. The number of pyridine rings is 1. The molecule has 6 nitrogen and oxygen atoms in total. The molecule has 1 amide bonds. The van der Waals surface area contributed by atoms with Crippen LogP contribution in [0.5, 0.6) is 0 Å². The van der Waals surface area contributed by atoms with Crippen LogP contribution in [-0.2, 0) is 6.54 Å². The Morgan fingerprint density at radius 3 is 2.25 bits per heavy atom. The number of aliphatic hydroxyl groups excluding tert-OH is 1. The topological polar surface area (TPSA) is 88.4 Å². The number of ketones is 1. The molecule has 6 heteroatoms. The molecule has 3 rings (SSSR count). The first-order chi connectivity index (χ1) is 13.6. The molecule has 2 N–H and O–H groups in total. The molecule has 1 atom stereocenters. The Bertz CT molecular complexity index is 1030. The van der Waals surface area contributed by atoms with Crippen LogP contribution in [0.3, 0.4) is 0 Å². The van der Waals surface area contributed by atoms with Crippen molar-refractivity contribution in [1.29, 1.82) is 0 Å². The number of rotatable bonds is 7. The summed E-state index contributed by atoms with van der Waals surface area (Å²) in [5, 5.41) is 12.8. The van der Waals surface area contributed by atoms with Gasteiger partial charge in [0.25, 0.3) is 11.5 Å². The van der Waals surface area contributed by atoms with Gasteiger partial charge in [-0.2, -0.15) is 0 Å². The molecule has 1 unspecified atom stereocenters. The minimum Gasteiger partial charge on any atom is -0.389 e. The van der Waals surface area contributed by atoms with E-state index in [2.05, 4.69) is 5.32 Å². The van der Waals surface area contributed by atoms with Gasteiger partial charge in [0.05, 0.1) is 18.2 Å². The summed E-state index contributed by atoms with van der Waals surface area (Å²) in [6.45, 7) is 0.0125. The Kier molecular flexibility index (Phi) is 6.14. The van der Waals surface area contributed by atoms with Crippen molar-refractivity contribution in [2.24, 2.45) is 0 Å². The zero-order chi connectivity index (χ0) is 19.9. The largest absolute Gasteiger partial charge is 0.389 e. The second kappa shape index (κ2) is 8.92. The van der Waals surface area contributed by atoms with E-state index in [0.29, 0.717) is 11.1 Å². The van der Waals surface area contributed by atoms with Crippen LogP contribution in [-0.4, -0.2) is 34.0 Å². The summed E-state index contributed by atoms with van der Waals surface area (Å²) in [6, 6.07) is 20.0. The lowest BCUT2D eigenvalue weighted by Crippen LogP contribution is -2.36. The molecule has 0 spiro atoms. The molecular formula is C22H20N2O4. The van der Waals surface area contributed by atoms with Crippen LogP contribution >= 0.6 is 0 Å². The first kappa shape index (κ1) is 19.3. The lowest BCUT2D eigenvalue weighted by molar-refractivity contribution is 0.0896. The van der Waals surface area contributed by atoms with E-state index in [1.807, 2.05) is 6.07 Å². The lowest BCUT2D eigenvalue weighted by atomic mass is 9.98. The first-order valence-electron chi connectivity index (χ1n) is 8.87. The van der Waals surface area contributed by atoms with Crippen molar-refractivity contribution in [3.63, 3.8) is 0 Å². The van der Waals surface area contributed by atoms with Gasteiger partial charge >= 0.3 is 0 Å². The summed E-state index contributed by atoms with van der Waals surface area (Å²) < 4.78 is 1.36. The van der Waals surface area contributed by atoms with Gasteiger partial charge in [-0.1, -0.05) is 54.6 Å². The molecule has 1 aromatic heterocycles. The van der Waals surface area contributed by atoms with E-state index < -0.39 is 12.0 Å². The van der Waals surface area contributed by atoms with Crippen molar-refractivity contribution in [1.82, 2.24) is 9.88 Å². The Balaban J connectivity index is 1.69. The molecule has 28 heavy (non-hydrogen) atoms. The van der Waals surface area contributed by atoms with Crippen LogP contribution in [0.1, 0.15) is 26.3 Å². The molecule has 0 fully saturated rings. The predicted octanol–water partition coefficient (Wildman–Crippen LogP) is 1.87. The molecule has 142 valence electrons. The fourth-order valence-corrected chi connectivity index (χ4v) is 2.83. The summed E-state index contributed by atoms with van der Waals surface area (Å²) in [7, 11) is 0. The smallest absolute Gasteiger partial charge is 0.252 e. The average Bonchev–Trinajstić information content (AvgIpc) is 2.74. The number of nitrogens with one attached hydrogen (secondary N) is 1. The standard InChI is InChI=1S/C22H20N2O4/c25-17(15-24-13-7-6-12-20(24)26)14-23-22(28)19-11-5-4-10-18(19)21(27)16-8-2-1-3-9-16/h1-13,17,25H,14-15H2,(H,23,28). The summed E-state index contributed by atoms with van der Waals surface area (Å²) >= 11 is 0. The van der Waals surface area contributed by atoms with Crippen LogP contribution in [0.25, 0.3) is 0 Å². The molecule has 3 aromatic rings. The molecule has 0 bridgehead atoms. The fourth-order valence-electron chi connectivity index (χ4n) is 2.83. The Labute approximate surface area is 162 Å². The number of hydrogen-bond acceptors (Lipinski definition) is 4. The number of benzene rings is 2. The van der Waals surface area contributed by atoms with E-state index in [4.69, 9.17) is 0 Å². The van der Waals surface area contributed by atoms with Crippen LogP contribution in [0, 0.1) is 0 Å². The van der Waals surface area contributed by atoms with Crippen LogP contribution < -0.4 is 10.9 Å². The SMILES string of the molecule is O=C(NCC(O)Cn1ccccc1=O)c1ccccc1C(=O)c1ccccc1. The number of carbonyl (C=O) groups excluding carboxylic acids is 2. The molecule has 0 saturated carbocycles. The molecule has 0 aliphatic rings. The van der Waals surface area contributed by atoms with E-state index in [1.54, 1.807) is 66.9 Å². The maximum Gasteiger partial charge on any atom is 0.252 e. The summed E-state index contributed by atoms with van der Waals surface area (Å²) in [4.78, 5) is 37.0. The maximum absolute atomic E-state index is 12.7. The number of amides is 1. The van der Waals surface area contributed by atoms with E-state index in [9.17, 15) is 19.5 Å². The highest BCUT2D eigenvalue weighted by Crippen LogP contribution is 2.14. The molecule has 0 saturated heterocycles. The molecule has 0 aliphatic heterocycles. The number of nitrogens with zero attached hydrogens (tertiary/aromatic N) is 1. The van der Waals surface area contributed by atoms with Gasteiger partial charge < -0.3 is 15.0 Å². The van der Waals surface area contributed by atoms with Crippen molar-refractivity contribution in [3.8, 4) is 0 Å². The number of aromatic nitrogens is 1. The monoisotopic (exact) mass is 376 g/mol. The Morgan fingerprint density at radius 2 is 1.54 bits per heavy atom. The number of hydrogen-bond donors (Lipinski definition) is 2. The minimum absolute atomic E-state index is 0.0476. The van der Waals surface area contributed by atoms with Crippen molar-refractivity contribution >= 4 is 11.7 Å². The average molecular weight is 376 g/mol. The quantitative estimate of drug-likeness (QED) is 0.616. The Hall–Kier alpha value is -3.51. The van der Waals surface area contributed by atoms with Crippen molar-refractivity contribution < 1.29 is 14.7 Å². The maximum atomic E-state index is 12.7. The van der Waals surface area contributed by atoms with Gasteiger partial charge in [-0.3, -0.25) is 14.4 Å². The third-order valence-corrected chi connectivity index (χ3v) is 4.26. The van der Waals surface area contributed by atoms with Gasteiger partial charge in [0, 0.05) is 29.9 Å². The summed E-state index contributed by atoms with van der Waals surface area (Å²) in [5.74, 6) is -0.706. The van der Waals surface area contributed by atoms with E-state index in [-0.39, 0.29) is 30.0 Å². The van der Waals surface area contributed by atoms with Gasteiger partial charge in [0.1, 0.15) is 0 Å². The predicted molar refractivity (Wildman–Crippen MR) is 105 cm³/mol. The second-order valence-electron chi connectivity index (χ2n) is 6.30. The third kappa shape index (κ3) is 4.61. The highest BCUT2D eigenvalue weighted by molar-refractivity contribution is 6.15. The van der Waals surface area contributed by atoms with Crippen LogP contribution in [0.2, 0.25) is 0 Å². The highest BCUT2D eigenvalue weighted by Gasteiger charge is 2.18. The van der Waals surface area contributed by atoms with Gasteiger partial charge in [-0.15, -0.1) is 0 Å². The number of aliphatic hydroxyl groups is 1. The van der Waals surface area contributed by atoms with E-state index >= 15 is 0 Å². The van der Waals surface area contributed by atoms with E-state index in [1.165, 1.54) is 10.6 Å². The second-order valence-corrected chi connectivity index (χ2v) is 6.30. The normalized spacial score (nSPS) is 11.6. The summed E-state index contributed by atoms with van der Waals surface area (Å²) in [5.41, 5.74) is 0.790. The molecular weight excluding hydrogens is 356 g/mol. The van der Waals surface area contributed by atoms with Gasteiger partial charge in [-0.25, -0.2) is 0 Å².